The molecule has 0 spiro atoms. The third-order valence-corrected chi connectivity index (χ3v) is 3.17. The summed E-state index contributed by atoms with van der Waals surface area (Å²) in [6.07, 6.45) is 9.29. The molecule has 0 aliphatic heterocycles. The van der Waals surface area contributed by atoms with E-state index >= 15 is 0 Å². The second kappa shape index (κ2) is 10.2. The molecule has 0 unspecified atom stereocenters. The summed E-state index contributed by atoms with van der Waals surface area (Å²) in [5.41, 5.74) is 1.35. The average Bonchev–Trinajstić information content (AvgIpc) is 2.25. The Hall–Kier alpha value is 0.0374. The molecule has 0 radical (unpaired) electrons. The van der Waals surface area contributed by atoms with E-state index in [4.69, 9.17) is 12.6 Å². The maximum atomic E-state index is 5.27. The van der Waals surface area contributed by atoms with E-state index in [9.17, 15) is 0 Å². The van der Waals surface area contributed by atoms with Crippen molar-refractivity contribution in [3.8, 4) is 0 Å². The van der Waals surface area contributed by atoms with Gasteiger partial charge in [-0.15, -0.1) is 0 Å². The summed E-state index contributed by atoms with van der Waals surface area (Å²) < 4.78 is 0. The van der Waals surface area contributed by atoms with Gasteiger partial charge in [0.1, 0.15) is 0 Å². The van der Waals surface area contributed by atoms with E-state index in [1.807, 2.05) is 12.1 Å². The van der Waals surface area contributed by atoms with Crippen LogP contribution in [-0.2, 0) is 19.0 Å². The molecule has 0 aromatic heterocycles. The van der Waals surface area contributed by atoms with Crippen molar-refractivity contribution in [3.05, 3.63) is 29.8 Å². The Kier molecular flexibility index (Phi) is 10.2. The molecule has 1 rings (SSSR count). The third-order valence-electron chi connectivity index (χ3n) is 2.77. The summed E-state index contributed by atoms with van der Waals surface area (Å²) in [6.45, 7) is 2.26. The molecule has 84 valence electrons. The van der Waals surface area contributed by atoms with Crippen molar-refractivity contribution < 1.29 is 18.9 Å². The number of unbranched alkanes of at least 4 members (excludes halogenated alkanes) is 5. The summed E-state index contributed by atoms with van der Waals surface area (Å²) >= 11 is 5.27. The fourth-order valence-corrected chi connectivity index (χ4v) is 2.05. The summed E-state index contributed by atoms with van der Waals surface area (Å²) in [5.74, 6) is 0. The van der Waals surface area contributed by atoms with Crippen LogP contribution in [0, 0.1) is 0 Å². The molecule has 0 atom stereocenters. The van der Waals surface area contributed by atoms with Crippen LogP contribution in [0.1, 0.15) is 51.0 Å². The van der Waals surface area contributed by atoms with Gasteiger partial charge in [0.25, 0.3) is 0 Å². The van der Waals surface area contributed by atoms with Crippen LogP contribution < -0.4 is 18.9 Å². The molecule has 0 fully saturated rings. The monoisotopic (exact) mass is 228 g/mol. The molecule has 1 aromatic carbocycles. The number of rotatable bonds is 7. The zero-order chi connectivity index (χ0) is 10.9. The Morgan fingerprint density at radius 3 is 2.25 bits per heavy atom. The van der Waals surface area contributed by atoms with Crippen LogP contribution >= 0.6 is 0 Å². The summed E-state index contributed by atoms with van der Waals surface area (Å²) in [4.78, 5) is 1.03. The van der Waals surface area contributed by atoms with Gasteiger partial charge in [-0.1, -0.05) is 68.9 Å². The van der Waals surface area contributed by atoms with Crippen molar-refractivity contribution in [1.82, 2.24) is 0 Å². The smallest absolute Gasteiger partial charge is 0.779 e. The molecule has 0 saturated carbocycles. The maximum Gasteiger partial charge on any atom is 1.00 e. The number of aryl methyl sites for hydroxylation is 1. The molecule has 1 aromatic rings. The van der Waals surface area contributed by atoms with Gasteiger partial charge in [-0.3, -0.25) is 0 Å². The van der Waals surface area contributed by atoms with Crippen molar-refractivity contribution in [2.45, 2.75) is 56.8 Å². The molecule has 2 heteroatoms. The molecule has 0 bridgehead atoms. The van der Waals surface area contributed by atoms with Gasteiger partial charge in [0.15, 0.2) is 0 Å². The fraction of sp³-hybridized carbons (Fsp3) is 0.571. The van der Waals surface area contributed by atoms with Gasteiger partial charge in [-0.25, -0.2) is 0 Å². The molecule has 16 heavy (non-hydrogen) atoms. The van der Waals surface area contributed by atoms with Gasteiger partial charge in [-0.2, -0.15) is 4.90 Å². The average molecular weight is 228 g/mol. The largest absolute Gasteiger partial charge is 1.00 e. The zero-order valence-corrected chi connectivity index (χ0v) is 11.5. The van der Waals surface area contributed by atoms with Gasteiger partial charge in [0.05, 0.1) is 0 Å². The van der Waals surface area contributed by atoms with Crippen LogP contribution in [0.3, 0.4) is 0 Å². The summed E-state index contributed by atoms with van der Waals surface area (Å²) in [5, 5.41) is 0. The maximum absolute atomic E-state index is 5.27. The molecular formula is C14H21LiS. The predicted octanol–water partition coefficient (Wildman–Crippen LogP) is 1.50. The van der Waals surface area contributed by atoms with Gasteiger partial charge in [0.2, 0.25) is 0 Å². The minimum atomic E-state index is 0. The van der Waals surface area contributed by atoms with Crippen LogP contribution in [0.5, 0.6) is 0 Å². The van der Waals surface area contributed by atoms with E-state index in [1.165, 1.54) is 44.1 Å². The Bertz CT molecular complexity index is 273. The zero-order valence-electron chi connectivity index (χ0n) is 10.7. The van der Waals surface area contributed by atoms with E-state index in [0.29, 0.717) is 0 Å². The summed E-state index contributed by atoms with van der Waals surface area (Å²) in [7, 11) is 0. The molecular weight excluding hydrogens is 207 g/mol. The first-order valence-corrected chi connectivity index (χ1v) is 6.50. The van der Waals surface area contributed by atoms with Crippen LogP contribution in [0.15, 0.2) is 29.2 Å². The van der Waals surface area contributed by atoms with E-state index < -0.39 is 0 Å². The second-order valence-electron chi connectivity index (χ2n) is 4.13. The first-order valence-electron chi connectivity index (χ1n) is 6.09. The van der Waals surface area contributed by atoms with Crippen LogP contribution in [0.2, 0.25) is 0 Å². The molecule has 0 nitrogen and oxygen atoms in total. The van der Waals surface area contributed by atoms with Gasteiger partial charge >= 0.3 is 18.9 Å². The first-order chi connectivity index (χ1) is 7.34. The normalized spacial score (nSPS) is 9.81. The molecule has 0 N–H and O–H groups in total. The quantitative estimate of drug-likeness (QED) is 0.387. The predicted molar refractivity (Wildman–Crippen MR) is 69.2 cm³/mol. The van der Waals surface area contributed by atoms with Gasteiger partial charge in [-0.05, 0) is 12.8 Å². The minimum absolute atomic E-state index is 0. The topological polar surface area (TPSA) is 0 Å². The van der Waals surface area contributed by atoms with Crippen molar-refractivity contribution >= 4 is 12.6 Å². The number of hydrogen-bond acceptors (Lipinski definition) is 1. The fourth-order valence-electron chi connectivity index (χ4n) is 1.81. The van der Waals surface area contributed by atoms with Crippen molar-refractivity contribution in [3.63, 3.8) is 0 Å². The molecule has 0 saturated heterocycles. The van der Waals surface area contributed by atoms with Gasteiger partial charge in [0, 0.05) is 0 Å². The van der Waals surface area contributed by atoms with Crippen LogP contribution in [0.4, 0.5) is 0 Å². The van der Waals surface area contributed by atoms with E-state index in [1.54, 1.807) is 0 Å². The van der Waals surface area contributed by atoms with Crippen LogP contribution in [-0.4, -0.2) is 0 Å². The number of hydrogen-bond donors (Lipinski definition) is 0. The Morgan fingerprint density at radius 2 is 1.56 bits per heavy atom. The van der Waals surface area contributed by atoms with Crippen LogP contribution in [0.25, 0.3) is 0 Å². The third kappa shape index (κ3) is 6.58. The van der Waals surface area contributed by atoms with Crippen molar-refractivity contribution in [2.24, 2.45) is 0 Å². The Morgan fingerprint density at radius 1 is 0.938 bits per heavy atom. The van der Waals surface area contributed by atoms with Crippen molar-refractivity contribution in [1.29, 1.82) is 0 Å². The molecule has 0 aliphatic rings. The summed E-state index contributed by atoms with van der Waals surface area (Å²) in [6, 6.07) is 8.30. The van der Waals surface area contributed by atoms with Gasteiger partial charge < -0.3 is 12.6 Å². The molecule has 0 heterocycles. The van der Waals surface area contributed by atoms with E-state index in [-0.39, 0.29) is 18.9 Å². The number of benzene rings is 1. The molecule has 0 amide bonds. The minimum Gasteiger partial charge on any atom is -0.779 e. The van der Waals surface area contributed by atoms with E-state index in [2.05, 4.69) is 19.1 Å². The van der Waals surface area contributed by atoms with Crippen molar-refractivity contribution in [2.75, 3.05) is 0 Å². The van der Waals surface area contributed by atoms with E-state index in [0.717, 1.165) is 11.3 Å². The second-order valence-corrected chi connectivity index (χ2v) is 4.57. The standard InChI is InChI=1S/C14H22S.Li/c1-2-3-4-5-6-7-10-13-11-8-9-12-14(13)15;/h8-9,11-12,15H,2-7,10H2,1H3;/q;+1/p-1. The molecule has 0 aliphatic carbocycles. The SMILES string of the molecule is CCCCCCCCc1ccccc1[S-].[Li+]. The first kappa shape index (κ1) is 16.0. The Balaban J connectivity index is 0.00000225. The Labute approximate surface area is 118 Å².